The zero-order valence-corrected chi connectivity index (χ0v) is 15.4. The molecule has 1 heterocycles. The SMILES string of the molecule is COc1cc(C)c(NC(=O)c2ccc(C)c(-n3cccc3)c2)cc1OC. The predicted octanol–water partition coefficient (Wildman–Crippen LogP) is 4.36. The summed E-state index contributed by atoms with van der Waals surface area (Å²) in [5.41, 5.74) is 4.25. The predicted molar refractivity (Wildman–Crippen MR) is 103 cm³/mol. The molecule has 0 aliphatic heterocycles. The van der Waals surface area contributed by atoms with Gasteiger partial charge in [0, 0.05) is 35.4 Å². The van der Waals surface area contributed by atoms with Crippen molar-refractivity contribution in [3.05, 3.63) is 71.5 Å². The number of nitrogens with zero attached hydrogens (tertiary/aromatic N) is 1. The van der Waals surface area contributed by atoms with Crippen LogP contribution < -0.4 is 14.8 Å². The van der Waals surface area contributed by atoms with E-state index in [2.05, 4.69) is 5.32 Å². The van der Waals surface area contributed by atoms with E-state index < -0.39 is 0 Å². The van der Waals surface area contributed by atoms with Crippen LogP contribution in [-0.2, 0) is 0 Å². The topological polar surface area (TPSA) is 52.5 Å². The number of aryl methyl sites for hydroxylation is 2. The average molecular weight is 350 g/mol. The molecule has 3 rings (SSSR count). The number of carbonyl (C=O) groups is 1. The van der Waals surface area contributed by atoms with Crippen molar-refractivity contribution in [1.29, 1.82) is 0 Å². The Balaban J connectivity index is 1.90. The van der Waals surface area contributed by atoms with Gasteiger partial charge >= 0.3 is 0 Å². The quantitative estimate of drug-likeness (QED) is 0.744. The molecule has 2 aromatic carbocycles. The van der Waals surface area contributed by atoms with Crippen molar-refractivity contribution in [3.63, 3.8) is 0 Å². The van der Waals surface area contributed by atoms with Gasteiger partial charge in [-0.3, -0.25) is 4.79 Å². The second-order valence-electron chi connectivity index (χ2n) is 6.07. The van der Waals surface area contributed by atoms with Crippen molar-refractivity contribution < 1.29 is 14.3 Å². The molecule has 0 bridgehead atoms. The van der Waals surface area contributed by atoms with Crippen molar-refractivity contribution in [2.45, 2.75) is 13.8 Å². The second-order valence-corrected chi connectivity index (χ2v) is 6.07. The Morgan fingerprint density at radius 1 is 0.923 bits per heavy atom. The standard InChI is InChI=1S/C21H22N2O3/c1-14-7-8-16(12-18(14)23-9-5-6-10-23)21(24)22-17-13-20(26-4)19(25-3)11-15(17)2/h5-13H,1-4H3,(H,22,24). The van der Waals surface area contributed by atoms with Gasteiger partial charge in [-0.25, -0.2) is 0 Å². The van der Waals surface area contributed by atoms with Crippen molar-refractivity contribution >= 4 is 11.6 Å². The molecule has 26 heavy (non-hydrogen) atoms. The van der Waals surface area contributed by atoms with Gasteiger partial charge in [-0.1, -0.05) is 6.07 Å². The molecule has 134 valence electrons. The van der Waals surface area contributed by atoms with Crippen LogP contribution in [0.5, 0.6) is 11.5 Å². The van der Waals surface area contributed by atoms with E-state index in [1.165, 1.54) is 0 Å². The van der Waals surface area contributed by atoms with Crippen LogP contribution in [0, 0.1) is 13.8 Å². The number of hydrogen-bond donors (Lipinski definition) is 1. The van der Waals surface area contributed by atoms with Gasteiger partial charge in [0.25, 0.3) is 5.91 Å². The first-order chi connectivity index (χ1) is 12.5. The number of benzene rings is 2. The van der Waals surface area contributed by atoms with Gasteiger partial charge in [0.15, 0.2) is 11.5 Å². The first-order valence-electron chi connectivity index (χ1n) is 8.31. The van der Waals surface area contributed by atoms with E-state index in [1.807, 2.05) is 67.2 Å². The summed E-state index contributed by atoms with van der Waals surface area (Å²) in [6.45, 7) is 3.94. The fraction of sp³-hybridized carbons (Fsp3) is 0.190. The van der Waals surface area contributed by atoms with E-state index >= 15 is 0 Å². The molecule has 0 aliphatic rings. The highest BCUT2D eigenvalue weighted by molar-refractivity contribution is 6.05. The lowest BCUT2D eigenvalue weighted by Crippen LogP contribution is -2.14. The van der Waals surface area contributed by atoms with Gasteiger partial charge in [0.05, 0.1) is 14.2 Å². The molecule has 0 spiro atoms. The molecule has 1 amide bonds. The average Bonchev–Trinajstić information content (AvgIpc) is 3.17. The summed E-state index contributed by atoms with van der Waals surface area (Å²) >= 11 is 0. The van der Waals surface area contributed by atoms with Crippen molar-refractivity contribution in [1.82, 2.24) is 4.57 Å². The molecule has 0 saturated heterocycles. The lowest BCUT2D eigenvalue weighted by atomic mass is 10.1. The highest BCUT2D eigenvalue weighted by atomic mass is 16.5. The summed E-state index contributed by atoms with van der Waals surface area (Å²) in [4.78, 5) is 12.8. The highest BCUT2D eigenvalue weighted by Crippen LogP contribution is 2.33. The number of rotatable bonds is 5. The molecule has 0 radical (unpaired) electrons. The minimum absolute atomic E-state index is 0.172. The van der Waals surface area contributed by atoms with Crippen molar-refractivity contribution in [2.24, 2.45) is 0 Å². The summed E-state index contributed by atoms with van der Waals surface area (Å²) in [7, 11) is 3.16. The van der Waals surface area contributed by atoms with Crippen LogP contribution in [0.15, 0.2) is 54.9 Å². The third-order valence-corrected chi connectivity index (χ3v) is 4.33. The maximum atomic E-state index is 12.8. The number of methoxy groups -OCH3 is 2. The fourth-order valence-electron chi connectivity index (χ4n) is 2.83. The molecule has 5 heteroatoms. The highest BCUT2D eigenvalue weighted by Gasteiger charge is 2.13. The number of anilines is 1. The van der Waals surface area contributed by atoms with Crippen LogP contribution in [-0.4, -0.2) is 24.7 Å². The van der Waals surface area contributed by atoms with Crippen LogP contribution in [0.3, 0.4) is 0 Å². The molecule has 3 aromatic rings. The van der Waals surface area contributed by atoms with E-state index in [1.54, 1.807) is 20.3 Å². The summed E-state index contributed by atoms with van der Waals surface area (Å²) < 4.78 is 12.6. The van der Waals surface area contributed by atoms with Crippen LogP contribution in [0.25, 0.3) is 5.69 Å². The minimum atomic E-state index is -0.172. The summed E-state index contributed by atoms with van der Waals surface area (Å²) in [6, 6.07) is 13.2. The Kier molecular flexibility index (Phi) is 4.98. The largest absolute Gasteiger partial charge is 0.493 e. The second kappa shape index (κ2) is 7.35. The van der Waals surface area contributed by atoms with Gasteiger partial charge < -0.3 is 19.4 Å². The fourth-order valence-corrected chi connectivity index (χ4v) is 2.83. The van der Waals surface area contributed by atoms with Crippen molar-refractivity contribution in [2.75, 3.05) is 19.5 Å². The Bertz CT molecular complexity index is 931. The molecule has 5 nitrogen and oxygen atoms in total. The molecule has 1 N–H and O–H groups in total. The molecule has 0 fully saturated rings. The first-order valence-corrected chi connectivity index (χ1v) is 8.31. The molecule has 0 unspecified atom stereocenters. The van der Waals surface area contributed by atoms with E-state index in [0.29, 0.717) is 22.7 Å². The number of carbonyl (C=O) groups excluding carboxylic acids is 1. The van der Waals surface area contributed by atoms with Gasteiger partial charge in [-0.05, 0) is 55.3 Å². The summed E-state index contributed by atoms with van der Waals surface area (Å²) in [6.07, 6.45) is 3.92. The number of amides is 1. The minimum Gasteiger partial charge on any atom is -0.493 e. The normalized spacial score (nSPS) is 10.5. The van der Waals surface area contributed by atoms with Crippen LogP contribution in [0.4, 0.5) is 5.69 Å². The molecule has 0 aliphatic carbocycles. The maximum absolute atomic E-state index is 12.8. The molecule has 1 aromatic heterocycles. The number of aromatic nitrogens is 1. The lowest BCUT2D eigenvalue weighted by Gasteiger charge is -2.14. The van der Waals surface area contributed by atoms with E-state index in [9.17, 15) is 4.79 Å². The third-order valence-electron chi connectivity index (χ3n) is 4.33. The van der Waals surface area contributed by atoms with E-state index in [-0.39, 0.29) is 5.91 Å². The molecular weight excluding hydrogens is 328 g/mol. The Morgan fingerprint density at radius 2 is 1.58 bits per heavy atom. The van der Waals surface area contributed by atoms with Crippen LogP contribution >= 0.6 is 0 Å². The maximum Gasteiger partial charge on any atom is 0.255 e. The Labute approximate surface area is 153 Å². The van der Waals surface area contributed by atoms with Crippen LogP contribution in [0.1, 0.15) is 21.5 Å². The van der Waals surface area contributed by atoms with Gasteiger partial charge in [0.1, 0.15) is 0 Å². The van der Waals surface area contributed by atoms with Crippen molar-refractivity contribution in [3.8, 4) is 17.2 Å². The number of nitrogens with one attached hydrogen (secondary N) is 1. The van der Waals surface area contributed by atoms with Gasteiger partial charge in [-0.2, -0.15) is 0 Å². The van der Waals surface area contributed by atoms with E-state index in [4.69, 9.17) is 9.47 Å². The van der Waals surface area contributed by atoms with Gasteiger partial charge in [0.2, 0.25) is 0 Å². The smallest absolute Gasteiger partial charge is 0.255 e. The number of hydrogen-bond acceptors (Lipinski definition) is 3. The zero-order valence-electron chi connectivity index (χ0n) is 15.4. The Morgan fingerprint density at radius 3 is 2.23 bits per heavy atom. The van der Waals surface area contributed by atoms with Crippen LogP contribution in [0.2, 0.25) is 0 Å². The zero-order chi connectivity index (χ0) is 18.7. The number of ether oxygens (including phenoxy) is 2. The van der Waals surface area contributed by atoms with E-state index in [0.717, 1.165) is 16.8 Å². The van der Waals surface area contributed by atoms with Gasteiger partial charge in [-0.15, -0.1) is 0 Å². The molecule has 0 atom stereocenters. The third kappa shape index (κ3) is 3.42. The summed E-state index contributed by atoms with van der Waals surface area (Å²) in [5, 5.41) is 2.96. The Hall–Kier alpha value is -3.21. The molecule has 0 saturated carbocycles. The molecular formula is C21H22N2O3. The first kappa shape index (κ1) is 17.6. The summed E-state index contributed by atoms with van der Waals surface area (Å²) in [5.74, 6) is 1.03. The monoisotopic (exact) mass is 350 g/mol. The lowest BCUT2D eigenvalue weighted by molar-refractivity contribution is 0.102.